The molecule has 2 saturated carbocycles. The molecule has 2 aromatic rings. The van der Waals surface area contributed by atoms with Crippen molar-refractivity contribution in [1.29, 1.82) is 0 Å². The summed E-state index contributed by atoms with van der Waals surface area (Å²) >= 11 is 0. The van der Waals surface area contributed by atoms with E-state index in [0.29, 0.717) is 19.3 Å². The predicted octanol–water partition coefficient (Wildman–Crippen LogP) is 3.21. The average molecular weight is 450 g/mol. The number of aliphatic carboxylic acids is 1. The van der Waals surface area contributed by atoms with Crippen molar-refractivity contribution in [2.24, 2.45) is 11.3 Å². The number of carboxylic acid groups (broad SMARTS) is 1. The maximum Gasteiger partial charge on any atom is 0.407 e. The van der Waals surface area contributed by atoms with Gasteiger partial charge in [0.25, 0.3) is 0 Å². The van der Waals surface area contributed by atoms with Crippen LogP contribution in [0.25, 0.3) is 11.1 Å². The Morgan fingerprint density at radius 2 is 1.70 bits per heavy atom. The van der Waals surface area contributed by atoms with Gasteiger partial charge in [-0.15, -0.1) is 0 Å². The van der Waals surface area contributed by atoms with Crippen LogP contribution in [0, 0.1) is 11.3 Å². The highest BCUT2D eigenvalue weighted by atomic mass is 16.7. The molecule has 0 spiro atoms. The van der Waals surface area contributed by atoms with Gasteiger partial charge in [0.2, 0.25) is 5.91 Å². The van der Waals surface area contributed by atoms with Crippen LogP contribution in [-0.4, -0.2) is 41.8 Å². The summed E-state index contributed by atoms with van der Waals surface area (Å²) in [6.45, 7) is 1.59. The molecule has 0 aromatic heterocycles. The monoisotopic (exact) mass is 450 g/mol. The first-order valence-electron chi connectivity index (χ1n) is 11.2. The fourth-order valence-corrected chi connectivity index (χ4v) is 5.39. The summed E-state index contributed by atoms with van der Waals surface area (Å²) in [5.41, 5.74) is 6.33. The van der Waals surface area contributed by atoms with E-state index in [1.807, 2.05) is 24.3 Å². The van der Waals surface area contributed by atoms with Gasteiger partial charge >= 0.3 is 12.1 Å². The zero-order valence-electron chi connectivity index (χ0n) is 18.2. The van der Waals surface area contributed by atoms with Gasteiger partial charge in [0.15, 0.2) is 6.10 Å². The number of hydroxylamine groups is 1. The van der Waals surface area contributed by atoms with Crippen molar-refractivity contribution in [3.05, 3.63) is 59.7 Å². The van der Waals surface area contributed by atoms with E-state index in [2.05, 4.69) is 35.1 Å². The number of hydrogen-bond donors (Lipinski definition) is 3. The molecule has 2 amide bonds. The molecule has 33 heavy (non-hydrogen) atoms. The Hall–Kier alpha value is -3.39. The van der Waals surface area contributed by atoms with Gasteiger partial charge in [-0.3, -0.25) is 9.63 Å². The van der Waals surface area contributed by atoms with E-state index < -0.39 is 23.6 Å². The number of carboxylic acids is 1. The number of benzene rings is 2. The lowest BCUT2D eigenvalue weighted by Gasteiger charge is -2.19. The van der Waals surface area contributed by atoms with E-state index in [0.717, 1.165) is 11.1 Å². The number of carbonyl (C=O) groups is 3. The molecule has 0 bridgehead atoms. The van der Waals surface area contributed by atoms with E-state index in [4.69, 9.17) is 14.7 Å². The Morgan fingerprint density at radius 1 is 1.06 bits per heavy atom. The molecule has 4 atom stereocenters. The third-order valence-electron chi connectivity index (χ3n) is 7.21. The first kappa shape index (κ1) is 21.5. The van der Waals surface area contributed by atoms with Gasteiger partial charge in [-0.05, 0) is 54.4 Å². The molecule has 5 rings (SSSR count). The van der Waals surface area contributed by atoms with Crippen molar-refractivity contribution in [3.8, 4) is 11.1 Å². The highest BCUT2D eigenvalue weighted by molar-refractivity contribution is 5.86. The lowest BCUT2D eigenvalue weighted by atomic mass is 9.98. The van der Waals surface area contributed by atoms with Crippen molar-refractivity contribution in [2.75, 3.05) is 6.61 Å². The van der Waals surface area contributed by atoms with Crippen molar-refractivity contribution in [1.82, 2.24) is 10.8 Å². The van der Waals surface area contributed by atoms with Crippen LogP contribution in [0.15, 0.2) is 48.5 Å². The summed E-state index contributed by atoms with van der Waals surface area (Å²) in [4.78, 5) is 40.8. The number of nitrogens with one attached hydrogen (secondary N) is 2. The van der Waals surface area contributed by atoms with Crippen LogP contribution in [0.5, 0.6) is 0 Å². The summed E-state index contributed by atoms with van der Waals surface area (Å²) in [7, 11) is 0. The Labute approximate surface area is 191 Å². The van der Waals surface area contributed by atoms with Crippen LogP contribution in [0.1, 0.15) is 43.2 Å². The molecule has 172 valence electrons. The molecule has 0 aliphatic heterocycles. The summed E-state index contributed by atoms with van der Waals surface area (Å²) in [6, 6.07) is 16.2. The molecule has 3 N–H and O–H groups in total. The molecular formula is C25H26N2O6. The average Bonchev–Trinajstić information content (AvgIpc) is 3.24. The second kappa shape index (κ2) is 8.19. The summed E-state index contributed by atoms with van der Waals surface area (Å²) < 4.78 is 5.61. The number of carbonyl (C=O) groups excluding carboxylic acids is 2. The van der Waals surface area contributed by atoms with Crippen molar-refractivity contribution in [2.45, 2.75) is 44.2 Å². The SMILES string of the molecule is CC(ONC(=O)[C@]12C[C@H](NC(=O)OCC3c4ccccc4-c4ccccc43)C[C@H]1C2)C(=O)O. The Kier molecular flexibility index (Phi) is 5.32. The second-order valence-corrected chi connectivity index (χ2v) is 9.19. The maximum atomic E-state index is 12.5. The van der Waals surface area contributed by atoms with E-state index >= 15 is 0 Å². The first-order chi connectivity index (χ1) is 15.9. The summed E-state index contributed by atoms with van der Waals surface area (Å²) in [6.07, 6.45) is 0.269. The topological polar surface area (TPSA) is 114 Å². The van der Waals surface area contributed by atoms with E-state index in [-0.39, 0.29) is 30.4 Å². The van der Waals surface area contributed by atoms with E-state index in [9.17, 15) is 14.4 Å². The fraction of sp³-hybridized carbons (Fsp3) is 0.400. The zero-order chi connectivity index (χ0) is 23.2. The number of rotatable bonds is 7. The molecule has 3 aliphatic carbocycles. The third-order valence-corrected chi connectivity index (χ3v) is 7.21. The molecule has 3 aliphatic rings. The molecule has 2 fully saturated rings. The lowest BCUT2D eigenvalue weighted by Crippen LogP contribution is -2.40. The normalized spacial score (nSPS) is 25.4. The maximum absolute atomic E-state index is 12.5. The van der Waals surface area contributed by atoms with Gasteiger partial charge in [-0.2, -0.15) is 0 Å². The zero-order valence-corrected chi connectivity index (χ0v) is 18.2. The first-order valence-corrected chi connectivity index (χ1v) is 11.2. The largest absolute Gasteiger partial charge is 0.479 e. The molecule has 1 unspecified atom stereocenters. The summed E-state index contributed by atoms with van der Waals surface area (Å²) in [5, 5.41) is 11.8. The third kappa shape index (κ3) is 3.84. The highest BCUT2D eigenvalue weighted by Gasteiger charge is 2.65. The second-order valence-electron chi connectivity index (χ2n) is 9.19. The van der Waals surface area contributed by atoms with E-state index in [1.165, 1.54) is 18.1 Å². The Balaban J connectivity index is 1.15. The van der Waals surface area contributed by atoms with Gasteiger partial charge in [0.1, 0.15) is 6.61 Å². The molecule has 2 aromatic carbocycles. The fourth-order valence-electron chi connectivity index (χ4n) is 5.39. The van der Waals surface area contributed by atoms with Crippen LogP contribution in [0.2, 0.25) is 0 Å². The van der Waals surface area contributed by atoms with Crippen molar-refractivity contribution in [3.63, 3.8) is 0 Å². The highest BCUT2D eigenvalue weighted by Crippen LogP contribution is 2.63. The molecular weight excluding hydrogens is 424 g/mol. The standard InChI is InChI=1S/C25H26N2O6/c1-14(22(28)29)33-27-23(30)25-11-15(25)10-16(12-25)26-24(31)32-13-21-19-8-4-2-6-17(19)18-7-3-5-9-20(18)21/h2-9,14-16,21H,10-13H2,1H3,(H,26,31)(H,27,30)(H,28,29)/t14?,15-,16+,25+/m0/s1. The van der Waals surface area contributed by atoms with Gasteiger partial charge in [-0.1, -0.05) is 48.5 Å². The number of hydrogen-bond acceptors (Lipinski definition) is 5. The lowest BCUT2D eigenvalue weighted by molar-refractivity contribution is -0.160. The van der Waals surface area contributed by atoms with E-state index in [1.54, 1.807) is 0 Å². The van der Waals surface area contributed by atoms with Gasteiger partial charge < -0.3 is 15.2 Å². The smallest absolute Gasteiger partial charge is 0.407 e. The number of amides is 2. The van der Waals surface area contributed by atoms with Gasteiger partial charge in [0.05, 0.1) is 5.41 Å². The number of fused-ring (bicyclic) bond motifs is 4. The predicted molar refractivity (Wildman–Crippen MR) is 118 cm³/mol. The van der Waals surface area contributed by atoms with Crippen LogP contribution < -0.4 is 10.8 Å². The molecule has 0 saturated heterocycles. The minimum absolute atomic E-state index is 0.00868. The number of ether oxygens (including phenoxy) is 1. The molecule has 8 nitrogen and oxygen atoms in total. The minimum atomic E-state index is -1.15. The van der Waals surface area contributed by atoms with Crippen molar-refractivity contribution >= 4 is 18.0 Å². The summed E-state index contributed by atoms with van der Waals surface area (Å²) in [5.74, 6) is -1.33. The van der Waals surface area contributed by atoms with Crippen LogP contribution in [0.4, 0.5) is 4.79 Å². The van der Waals surface area contributed by atoms with Crippen LogP contribution in [0.3, 0.4) is 0 Å². The van der Waals surface area contributed by atoms with Gasteiger partial charge in [0, 0.05) is 12.0 Å². The Morgan fingerprint density at radius 3 is 2.33 bits per heavy atom. The van der Waals surface area contributed by atoms with Crippen molar-refractivity contribution < 1.29 is 29.1 Å². The number of alkyl carbamates (subject to hydrolysis) is 1. The minimum Gasteiger partial charge on any atom is -0.479 e. The molecule has 0 heterocycles. The molecule has 0 radical (unpaired) electrons. The quantitative estimate of drug-likeness (QED) is 0.558. The van der Waals surface area contributed by atoms with Crippen LogP contribution >= 0.6 is 0 Å². The van der Waals surface area contributed by atoms with Crippen LogP contribution in [-0.2, 0) is 19.2 Å². The molecule has 8 heteroatoms. The Bertz CT molecular complexity index is 1070. The van der Waals surface area contributed by atoms with Gasteiger partial charge in [-0.25, -0.2) is 15.1 Å².